The molecule has 0 amide bonds. The van der Waals surface area contributed by atoms with Crippen LogP contribution in [0.1, 0.15) is 43.5 Å². The molecule has 0 aliphatic heterocycles. The molecule has 0 atom stereocenters. The summed E-state index contributed by atoms with van der Waals surface area (Å²) in [5.74, 6) is 0.132. The molecule has 96 valence electrons. The van der Waals surface area contributed by atoms with Crippen LogP contribution in [0.3, 0.4) is 0 Å². The van der Waals surface area contributed by atoms with Crippen molar-refractivity contribution >= 4 is 32.6 Å². The molecule has 0 radical (unpaired) electrons. The van der Waals surface area contributed by atoms with Gasteiger partial charge in [0.1, 0.15) is 0 Å². The summed E-state index contributed by atoms with van der Waals surface area (Å²) < 4.78 is 3.26. The van der Waals surface area contributed by atoms with Gasteiger partial charge in [-0.25, -0.2) is 0 Å². The molecule has 2 rings (SSSR count). The maximum atomic E-state index is 11.7. The molecule has 2 aromatic rings. The number of carbonyl (C=O) groups excluding carboxylic acids is 1. The molecule has 3 heteroatoms. The predicted molar refractivity (Wildman–Crippen MR) is 79.2 cm³/mol. The minimum Gasteiger partial charge on any atom is -0.346 e. The molecule has 1 aromatic carbocycles. The average molecular weight is 308 g/mol. The lowest BCUT2D eigenvalue weighted by Gasteiger charge is -2.05. The van der Waals surface area contributed by atoms with Crippen molar-refractivity contribution in [2.24, 2.45) is 0 Å². The number of Topliss-reactive ketones (excluding diaryl/α,β-unsaturated/α-hetero) is 1. The van der Waals surface area contributed by atoms with Crippen LogP contribution in [0.5, 0.6) is 0 Å². The molecule has 2 nitrogen and oxygen atoms in total. The Kier molecular flexibility index (Phi) is 4.23. The Morgan fingerprint density at radius 1 is 1.33 bits per heavy atom. The van der Waals surface area contributed by atoms with Gasteiger partial charge in [-0.2, -0.15) is 0 Å². The van der Waals surface area contributed by atoms with E-state index < -0.39 is 0 Å². The fourth-order valence-electron chi connectivity index (χ4n) is 2.30. The number of benzene rings is 1. The molecular weight excluding hydrogens is 290 g/mol. The Balaban J connectivity index is 2.48. The molecule has 18 heavy (non-hydrogen) atoms. The van der Waals surface area contributed by atoms with Crippen LogP contribution < -0.4 is 0 Å². The van der Waals surface area contributed by atoms with E-state index in [-0.39, 0.29) is 5.78 Å². The zero-order valence-electron chi connectivity index (χ0n) is 10.9. The second-order valence-electron chi connectivity index (χ2n) is 4.64. The molecule has 0 unspecified atom stereocenters. The van der Waals surface area contributed by atoms with Gasteiger partial charge in [0.05, 0.1) is 5.52 Å². The number of unbranched alkanes of at least 4 members (excludes halogenated alkanes) is 2. The highest BCUT2D eigenvalue weighted by atomic mass is 79.9. The lowest BCUT2D eigenvalue weighted by atomic mass is 10.1. The van der Waals surface area contributed by atoms with Crippen molar-refractivity contribution in [2.75, 3.05) is 0 Å². The number of fused-ring (bicyclic) bond motifs is 1. The Hall–Kier alpha value is -1.09. The summed E-state index contributed by atoms with van der Waals surface area (Å²) >= 11 is 3.59. The van der Waals surface area contributed by atoms with Crippen molar-refractivity contribution < 1.29 is 4.79 Å². The number of aromatic nitrogens is 1. The van der Waals surface area contributed by atoms with Gasteiger partial charge in [0, 0.05) is 28.2 Å². The normalized spacial score (nSPS) is 11.1. The van der Waals surface area contributed by atoms with Crippen LogP contribution >= 0.6 is 15.9 Å². The maximum absolute atomic E-state index is 11.7. The first-order valence-corrected chi connectivity index (χ1v) is 7.22. The van der Waals surface area contributed by atoms with Crippen LogP contribution in [0.2, 0.25) is 0 Å². The number of nitrogens with zero attached hydrogens (tertiary/aromatic N) is 1. The minimum absolute atomic E-state index is 0.132. The van der Waals surface area contributed by atoms with E-state index in [1.54, 1.807) is 6.92 Å². The highest BCUT2D eigenvalue weighted by Gasteiger charge is 2.13. The third-order valence-electron chi connectivity index (χ3n) is 3.23. The zero-order valence-corrected chi connectivity index (χ0v) is 12.5. The lowest BCUT2D eigenvalue weighted by Crippen LogP contribution is -1.96. The monoisotopic (exact) mass is 307 g/mol. The highest BCUT2D eigenvalue weighted by Crippen LogP contribution is 2.29. The first-order chi connectivity index (χ1) is 8.65. The van der Waals surface area contributed by atoms with Crippen molar-refractivity contribution in [2.45, 2.75) is 39.7 Å². The van der Waals surface area contributed by atoms with Crippen LogP contribution in [0, 0.1) is 0 Å². The Morgan fingerprint density at radius 3 is 2.78 bits per heavy atom. The molecular formula is C15H18BrNO. The van der Waals surface area contributed by atoms with Crippen LogP contribution in [-0.2, 0) is 6.54 Å². The van der Waals surface area contributed by atoms with Gasteiger partial charge in [-0.1, -0.05) is 31.9 Å². The predicted octanol–water partition coefficient (Wildman–Crippen LogP) is 4.80. The summed E-state index contributed by atoms with van der Waals surface area (Å²) in [6, 6.07) is 6.03. The van der Waals surface area contributed by atoms with E-state index in [0.29, 0.717) is 0 Å². The quantitative estimate of drug-likeness (QED) is 0.574. The molecule has 0 aliphatic rings. The SMILES string of the molecule is CCCCCn1cc(C(C)=O)c2cccc(Br)c21. The number of aryl methyl sites for hydroxylation is 1. The van der Waals surface area contributed by atoms with Crippen molar-refractivity contribution in [3.63, 3.8) is 0 Å². The van der Waals surface area contributed by atoms with Gasteiger partial charge in [-0.15, -0.1) is 0 Å². The average Bonchev–Trinajstić information content (AvgIpc) is 2.70. The Bertz CT molecular complexity index is 571. The smallest absolute Gasteiger partial charge is 0.161 e. The molecule has 1 heterocycles. The fraction of sp³-hybridized carbons (Fsp3) is 0.400. The van der Waals surface area contributed by atoms with Gasteiger partial charge in [-0.05, 0) is 35.3 Å². The topological polar surface area (TPSA) is 22.0 Å². The number of carbonyl (C=O) groups is 1. The van der Waals surface area contributed by atoms with E-state index in [2.05, 4.69) is 27.4 Å². The number of halogens is 1. The van der Waals surface area contributed by atoms with E-state index in [1.807, 2.05) is 24.4 Å². The number of hydrogen-bond acceptors (Lipinski definition) is 1. The van der Waals surface area contributed by atoms with Crippen LogP contribution in [0.25, 0.3) is 10.9 Å². The van der Waals surface area contributed by atoms with E-state index in [9.17, 15) is 4.79 Å². The third-order valence-corrected chi connectivity index (χ3v) is 3.87. The van der Waals surface area contributed by atoms with E-state index in [0.717, 1.165) is 33.9 Å². The first kappa shape index (κ1) is 13.3. The number of para-hydroxylation sites is 1. The lowest BCUT2D eigenvalue weighted by molar-refractivity contribution is 0.101. The second kappa shape index (κ2) is 5.70. The highest BCUT2D eigenvalue weighted by molar-refractivity contribution is 9.10. The molecule has 0 saturated carbocycles. The molecule has 0 bridgehead atoms. The molecule has 1 aromatic heterocycles. The van der Waals surface area contributed by atoms with Gasteiger partial charge in [-0.3, -0.25) is 4.79 Å². The molecule has 0 aliphatic carbocycles. The van der Waals surface area contributed by atoms with Gasteiger partial charge >= 0.3 is 0 Å². The molecule has 0 fully saturated rings. The molecule has 0 spiro atoms. The summed E-state index contributed by atoms with van der Waals surface area (Å²) in [5, 5.41) is 1.05. The van der Waals surface area contributed by atoms with Gasteiger partial charge in [0.2, 0.25) is 0 Å². The van der Waals surface area contributed by atoms with Crippen LogP contribution in [0.15, 0.2) is 28.9 Å². The molecule has 0 saturated heterocycles. The van der Waals surface area contributed by atoms with Crippen LogP contribution in [-0.4, -0.2) is 10.4 Å². The van der Waals surface area contributed by atoms with Gasteiger partial charge in [0.15, 0.2) is 5.78 Å². The summed E-state index contributed by atoms with van der Waals surface area (Å²) in [7, 11) is 0. The summed E-state index contributed by atoms with van der Waals surface area (Å²) in [5.41, 5.74) is 1.96. The van der Waals surface area contributed by atoms with E-state index >= 15 is 0 Å². The number of ketones is 1. The summed E-state index contributed by atoms with van der Waals surface area (Å²) in [6.45, 7) is 4.80. The minimum atomic E-state index is 0.132. The summed E-state index contributed by atoms with van der Waals surface area (Å²) in [6.07, 6.45) is 5.58. The van der Waals surface area contributed by atoms with Gasteiger partial charge < -0.3 is 4.57 Å². The second-order valence-corrected chi connectivity index (χ2v) is 5.49. The zero-order chi connectivity index (χ0) is 13.1. The van der Waals surface area contributed by atoms with E-state index in [1.165, 1.54) is 12.8 Å². The first-order valence-electron chi connectivity index (χ1n) is 6.43. The van der Waals surface area contributed by atoms with E-state index in [4.69, 9.17) is 0 Å². The largest absolute Gasteiger partial charge is 0.346 e. The number of rotatable bonds is 5. The standard InChI is InChI=1S/C15H18BrNO/c1-3-4-5-9-17-10-13(11(2)18)12-7-6-8-14(16)15(12)17/h6-8,10H,3-5,9H2,1-2H3. The van der Waals surface area contributed by atoms with Gasteiger partial charge in [0.25, 0.3) is 0 Å². The fourth-order valence-corrected chi connectivity index (χ4v) is 2.90. The maximum Gasteiger partial charge on any atom is 0.161 e. The van der Waals surface area contributed by atoms with Crippen LogP contribution in [0.4, 0.5) is 0 Å². The Labute approximate surface area is 116 Å². The van der Waals surface area contributed by atoms with Crippen molar-refractivity contribution in [3.05, 3.63) is 34.4 Å². The van der Waals surface area contributed by atoms with Crippen molar-refractivity contribution in [1.29, 1.82) is 0 Å². The number of hydrogen-bond donors (Lipinski definition) is 0. The third kappa shape index (κ3) is 2.51. The Morgan fingerprint density at radius 2 is 2.11 bits per heavy atom. The molecule has 0 N–H and O–H groups in total. The van der Waals surface area contributed by atoms with Crippen molar-refractivity contribution in [3.8, 4) is 0 Å². The van der Waals surface area contributed by atoms with Crippen molar-refractivity contribution in [1.82, 2.24) is 4.57 Å². The summed E-state index contributed by atoms with van der Waals surface area (Å²) in [4.78, 5) is 11.7.